The first-order valence-corrected chi connectivity index (χ1v) is 13.3. The zero-order valence-electron chi connectivity index (χ0n) is 22.3. The van der Waals surface area contributed by atoms with Gasteiger partial charge in [0.05, 0.1) is 37.1 Å². The fourth-order valence-electron chi connectivity index (χ4n) is 5.21. The van der Waals surface area contributed by atoms with Crippen LogP contribution in [0.2, 0.25) is 0 Å². The minimum atomic E-state index is -1.02. The van der Waals surface area contributed by atoms with Crippen LogP contribution < -0.4 is 5.01 Å². The number of hydrogen-bond acceptors (Lipinski definition) is 5. The minimum absolute atomic E-state index is 0.00681. The highest BCUT2D eigenvalue weighted by Gasteiger charge is 2.29. The summed E-state index contributed by atoms with van der Waals surface area (Å²) in [4.78, 5) is 11.5. The second-order valence-electron chi connectivity index (χ2n) is 10.1. The number of rotatable bonds is 10. The van der Waals surface area contributed by atoms with Crippen LogP contribution in [0, 0.1) is 5.82 Å². The second-order valence-corrected chi connectivity index (χ2v) is 10.1. The molecule has 2 atom stereocenters. The molecule has 1 aliphatic rings. The van der Waals surface area contributed by atoms with E-state index >= 15 is 0 Å². The molecule has 6 nitrogen and oxygen atoms in total. The largest absolute Gasteiger partial charge is 0.469 e. The smallest absolute Gasteiger partial charge is 0.308 e. The van der Waals surface area contributed by atoms with Crippen LogP contribution in [0.4, 0.5) is 4.39 Å². The molecule has 2 N–H and O–H groups in total. The number of benzene rings is 2. The van der Waals surface area contributed by atoms with Gasteiger partial charge in [-0.05, 0) is 36.5 Å². The molecule has 0 aliphatic carbocycles. The van der Waals surface area contributed by atoms with Crippen LogP contribution in [0.25, 0.3) is 28.5 Å². The average Bonchev–Trinajstić information content (AvgIpc) is 3.54. The lowest BCUT2D eigenvalue weighted by atomic mass is 9.94. The average molecular weight is 521 g/mol. The molecule has 0 spiro atoms. The molecule has 3 aromatic rings. The Balaban J connectivity index is 1.89. The number of nitrogens with zero attached hydrogens (tertiary/aromatic N) is 2. The predicted octanol–water partition coefficient (Wildman–Crippen LogP) is 5.50. The maximum atomic E-state index is 14.0. The topological polar surface area (TPSA) is 74.9 Å². The van der Waals surface area contributed by atoms with E-state index in [9.17, 15) is 19.4 Å². The van der Waals surface area contributed by atoms with E-state index in [-0.39, 0.29) is 24.6 Å². The third-order valence-corrected chi connectivity index (χ3v) is 6.94. The van der Waals surface area contributed by atoms with E-state index in [2.05, 4.69) is 40.4 Å². The molecular formula is C31H37FN2O4. The van der Waals surface area contributed by atoms with Gasteiger partial charge in [-0.25, -0.2) is 4.39 Å². The van der Waals surface area contributed by atoms with Crippen LogP contribution in [0.15, 0.2) is 60.7 Å². The van der Waals surface area contributed by atoms with Gasteiger partial charge < -0.3 is 20.0 Å². The summed E-state index contributed by atoms with van der Waals surface area (Å²) in [6, 6.07) is 16.7. The van der Waals surface area contributed by atoms with Crippen molar-refractivity contribution in [3.8, 4) is 22.4 Å². The summed E-state index contributed by atoms with van der Waals surface area (Å²) in [5, 5.41) is 23.3. The normalized spacial score (nSPS) is 15.4. The van der Waals surface area contributed by atoms with Crippen LogP contribution in [0.3, 0.4) is 0 Å². The lowest BCUT2D eigenvalue weighted by Crippen LogP contribution is -2.33. The Morgan fingerprint density at radius 2 is 1.68 bits per heavy atom. The Hall–Kier alpha value is -3.42. The first-order valence-electron chi connectivity index (χ1n) is 13.3. The number of hydrogen-bond donors (Lipinski definition) is 2. The zero-order chi connectivity index (χ0) is 27.2. The van der Waals surface area contributed by atoms with E-state index in [1.165, 1.54) is 19.2 Å². The molecule has 2 unspecified atom stereocenters. The number of carbonyl (C=O) groups is 1. The Kier molecular flexibility index (Phi) is 9.02. The van der Waals surface area contributed by atoms with Gasteiger partial charge in [0.2, 0.25) is 0 Å². The van der Waals surface area contributed by atoms with Crippen LogP contribution in [0.1, 0.15) is 56.7 Å². The highest BCUT2D eigenvalue weighted by molar-refractivity contribution is 5.90. The lowest BCUT2D eigenvalue weighted by molar-refractivity contribution is -0.143. The molecule has 1 aliphatic heterocycles. The molecular weight excluding hydrogens is 483 g/mol. The number of halogens is 1. The summed E-state index contributed by atoms with van der Waals surface area (Å²) in [5.74, 6) is -0.677. The Morgan fingerprint density at radius 3 is 2.29 bits per heavy atom. The fourth-order valence-corrected chi connectivity index (χ4v) is 5.21. The molecule has 7 heteroatoms. The van der Waals surface area contributed by atoms with Gasteiger partial charge in [-0.3, -0.25) is 9.47 Å². The summed E-state index contributed by atoms with van der Waals surface area (Å²) < 4.78 is 20.9. The zero-order valence-corrected chi connectivity index (χ0v) is 22.3. The van der Waals surface area contributed by atoms with Crippen LogP contribution in [0.5, 0.6) is 0 Å². The summed E-state index contributed by atoms with van der Waals surface area (Å²) in [6.07, 6.45) is 3.63. The van der Waals surface area contributed by atoms with Gasteiger partial charge in [0.1, 0.15) is 5.82 Å². The van der Waals surface area contributed by atoms with Gasteiger partial charge in [-0.1, -0.05) is 68.5 Å². The van der Waals surface area contributed by atoms with Gasteiger partial charge in [-0.15, -0.1) is 0 Å². The molecule has 38 heavy (non-hydrogen) atoms. The number of aromatic nitrogens is 1. The molecule has 202 valence electrons. The maximum absolute atomic E-state index is 14.0. The number of aliphatic hydroxyl groups is 2. The van der Waals surface area contributed by atoms with Crippen molar-refractivity contribution < 1.29 is 24.1 Å². The summed E-state index contributed by atoms with van der Waals surface area (Å²) >= 11 is 0. The minimum Gasteiger partial charge on any atom is -0.469 e. The van der Waals surface area contributed by atoms with Crippen molar-refractivity contribution in [2.24, 2.45) is 0 Å². The molecule has 1 fully saturated rings. The molecule has 1 aromatic heterocycles. The summed E-state index contributed by atoms with van der Waals surface area (Å²) in [5.41, 5.74) is 5.97. The Morgan fingerprint density at radius 1 is 1.03 bits per heavy atom. The van der Waals surface area contributed by atoms with Crippen molar-refractivity contribution in [1.29, 1.82) is 0 Å². The van der Waals surface area contributed by atoms with Crippen molar-refractivity contribution in [2.45, 2.75) is 57.7 Å². The number of esters is 1. The van der Waals surface area contributed by atoms with Crippen LogP contribution >= 0.6 is 0 Å². The van der Waals surface area contributed by atoms with Crippen molar-refractivity contribution >= 4 is 12.0 Å². The molecule has 0 amide bonds. The number of carbonyl (C=O) groups excluding carboxylic acids is 1. The molecule has 4 rings (SSSR count). The number of ether oxygens (including phenoxy) is 1. The van der Waals surface area contributed by atoms with Crippen molar-refractivity contribution in [3.05, 3.63) is 77.7 Å². The molecule has 0 bridgehead atoms. The van der Waals surface area contributed by atoms with Gasteiger partial charge >= 0.3 is 5.97 Å². The SMILES string of the molecule is COC(=O)CC(O)CC(O)/C=C/c1c(-c2ccc(F)cc2)c(-c2ccccc2)n(N2CCCC2)c1C(C)C. The highest BCUT2D eigenvalue weighted by atomic mass is 19.1. The monoisotopic (exact) mass is 520 g/mol. The standard InChI is InChI=1S/C31H37FN2O4/c1-21(2)30-27(16-15-25(35)19-26(36)20-28(37)38-3)29(22-11-13-24(32)14-12-22)31(23-9-5-4-6-10-23)34(30)33-17-7-8-18-33/h4-6,9-16,21,25-26,35-36H,7-8,17-20H2,1-3H3/b16-15+. The van der Waals surface area contributed by atoms with Crippen LogP contribution in [-0.4, -0.2) is 53.3 Å². The summed E-state index contributed by atoms with van der Waals surface area (Å²) in [6.45, 7) is 6.17. The van der Waals surface area contributed by atoms with E-state index in [0.29, 0.717) is 0 Å². The maximum Gasteiger partial charge on any atom is 0.308 e. The summed E-state index contributed by atoms with van der Waals surface area (Å²) in [7, 11) is 1.27. The van der Waals surface area contributed by atoms with E-state index in [0.717, 1.165) is 59.6 Å². The Labute approximate surface area is 224 Å². The van der Waals surface area contributed by atoms with E-state index in [1.807, 2.05) is 24.3 Å². The fraction of sp³-hybridized carbons (Fsp3) is 0.387. The molecule has 0 saturated carbocycles. The molecule has 0 radical (unpaired) electrons. The van der Waals surface area contributed by atoms with Gasteiger partial charge in [0.15, 0.2) is 0 Å². The van der Waals surface area contributed by atoms with E-state index in [4.69, 9.17) is 0 Å². The van der Waals surface area contributed by atoms with Crippen molar-refractivity contribution in [2.75, 3.05) is 25.2 Å². The first-order chi connectivity index (χ1) is 18.3. The van der Waals surface area contributed by atoms with E-state index in [1.54, 1.807) is 18.2 Å². The van der Waals surface area contributed by atoms with Crippen molar-refractivity contribution in [1.82, 2.24) is 4.68 Å². The van der Waals surface area contributed by atoms with Crippen molar-refractivity contribution in [3.63, 3.8) is 0 Å². The molecule has 1 saturated heterocycles. The van der Waals surface area contributed by atoms with Gasteiger partial charge in [0, 0.05) is 36.2 Å². The molecule has 2 aromatic carbocycles. The first kappa shape index (κ1) is 27.6. The molecule has 2 heterocycles. The Bertz CT molecular complexity index is 1250. The highest BCUT2D eigenvalue weighted by Crippen LogP contribution is 2.43. The van der Waals surface area contributed by atoms with E-state index < -0.39 is 18.2 Å². The quantitative estimate of drug-likeness (QED) is 0.345. The third kappa shape index (κ3) is 6.17. The third-order valence-electron chi connectivity index (χ3n) is 6.94. The second kappa shape index (κ2) is 12.4. The lowest BCUT2D eigenvalue weighted by Gasteiger charge is -2.27. The van der Waals surface area contributed by atoms with Gasteiger partial charge in [-0.2, -0.15) is 0 Å². The predicted molar refractivity (Wildman–Crippen MR) is 149 cm³/mol. The number of aliphatic hydroxyl groups excluding tert-OH is 2. The number of methoxy groups -OCH3 is 1. The van der Waals surface area contributed by atoms with Crippen LogP contribution in [-0.2, 0) is 9.53 Å². The van der Waals surface area contributed by atoms with Gasteiger partial charge in [0.25, 0.3) is 0 Å².